The Morgan fingerprint density at radius 1 is 0.757 bits per heavy atom. The van der Waals surface area contributed by atoms with E-state index in [1.54, 1.807) is 6.92 Å². The Morgan fingerprint density at radius 3 is 2.04 bits per heavy atom. The number of aliphatic hydroxyl groups is 2. The number of hydrogen-bond acceptors (Lipinski definition) is 11. The van der Waals surface area contributed by atoms with E-state index in [2.05, 4.69) is 40.7 Å². The zero-order chi connectivity index (χ0) is 50.8. The standard InChI is InChI=1S/C24H34O4.C19H28O2.C16H24O5/c1-14-12-18-19(22(4)9-6-17(27)13-21(14)22)7-10-23(5)20(18)8-11-24(23,15(2)25)28-16(3)26;1-18-9-7-13(20)11-12(18)3-4-14-15-5-6-17(21)19(15,2)10-8-16(14)18;1-10(2)5-6-12-14(3,21-12)16(18)13(19-4)11(17)7-8-15(16)9-20-15/h13-14,18-20H,6-12H2,1-5H3;11,14-17,21H,3-10H2,1-2H3;5,12-13,18H,6-9H2,1-4H3/t14-,18+,19-,20-,22+,23-,24-;14-,15-,16-,17-,18-,19-;12-,13-,14-,15+,16+/m001/s1. The summed E-state index contributed by atoms with van der Waals surface area (Å²) in [5, 5.41) is 21.9. The first-order chi connectivity index (χ1) is 32.8. The van der Waals surface area contributed by atoms with Crippen molar-refractivity contribution >= 4 is 29.1 Å². The number of carbonyl (C=O) groups excluding carboxylic acids is 5. The van der Waals surface area contributed by atoms with Gasteiger partial charge < -0.3 is 29.2 Å². The largest absolute Gasteiger partial charge is 0.451 e. The van der Waals surface area contributed by atoms with Crippen molar-refractivity contribution in [2.75, 3.05) is 13.7 Å². The lowest BCUT2D eigenvalue weighted by molar-refractivity contribution is -0.193. The highest BCUT2D eigenvalue weighted by Crippen LogP contribution is 2.70. The molecule has 9 fully saturated rings. The molecule has 2 aliphatic heterocycles. The van der Waals surface area contributed by atoms with Crippen molar-refractivity contribution in [2.24, 2.45) is 63.1 Å². The fourth-order valence-corrected chi connectivity index (χ4v) is 18.4. The van der Waals surface area contributed by atoms with Gasteiger partial charge in [0.15, 0.2) is 34.3 Å². The van der Waals surface area contributed by atoms with Gasteiger partial charge in [-0.15, -0.1) is 0 Å². The maximum absolute atomic E-state index is 12.8. The maximum Gasteiger partial charge on any atom is 0.303 e. The van der Waals surface area contributed by atoms with E-state index in [4.69, 9.17) is 18.9 Å². The van der Waals surface area contributed by atoms with E-state index in [9.17, 15) is 34.2 Å². The molecule has 0 bridgehead atoms. The lowest BCUT2D eigenvalue weighted by atomic mass is 9.44. The molecule has 9 aliphatic carbocycles. The number of allylic oxidation sites excluding steroid dienone is 3. The van der Waals surface area contributed by atoms with Crippen LogP contribution in [0, 0.1) is 63.1 Å². The number of fused-ring (bicyclic) bond motifs is 10. The predicted molar refractivity (Wildman–Crippen MR) is 265 cm³/mol. The number of hydrogen-bond donors (Lipinski definition) is 2. The normalized spacial score (nSPS) is 49.3. The van der Waals surface area contributed by atoms with Crippen molar-refractivity contribution in [3.05, 3.63) is 34.9 Å². The minimum Gasteiger partial charge on any atom is -0.451 e. The van der Waals surface area contributed by atoms with Gasteiger partial charge in [-0.25, -0.2) is 0 Å². The van der Waals surface area contributed by atoms with Crippen molar-refractivity contribution in [3.63, 3.8) is 0 Å². The van der Waals surface area contributed by atoms with Gasteiger partial charge in [0.25, 0.3) is 0 Å². The summed E-state index contributed by atoms with van der Waals surface area (Å²) in [5.41, 5.74) is 0.416. The zero-order valence-corrected chi connectivity index (χ0v) is 44.5. The summed E-state index contributed by atoms with van der Waals surface area (Å²) in [5.74, 6) is 4.33. The van der Waals surface area contributed by atoms with Crippen LogP contribution in [0.5, 0.6) is 0 Å². The molecule has 2 heterocycles. The molecule has 70 heavy (non-hydrogen) atoms. The highest BCUT2D eigenvalue weighted by molar-refractivity contribution is 5.92. The number of ketones is 4. The zero-order valence-electron chi connectivity index (χ0n) is 44.5. The number of ether oxygens (including phenoxy) is 4. The lowest BCUT2D eigenvalue weighted by Gasteiger charge is -2.60. The van der Waals surface area contributed by atoms with E-state index in [1.807, 2.05) is 32.9 Å². The smallest absolute Gasteiger partial charge is 0.303 e. The molecule has 2 saturated heterocycles. The fourth-order valence-electron chi connectivity index (χ4n) is 18.4. The molecule has 0 aromatic carbocycles. The van der Waals surface area contributed by atoms with Crippen LogP contribution in [0.3, 0.4) is 0 Å². The minimum absolute atomic E-state index is 0.00469. The Kier molecular flexibility index (Phi) is 13.3. The highest BCUT2D eigenvalue weighted by atomic mass is 16.7. The number of epoxide rings is 2. The fraction of sp³-hybridized carbons (Fsp3) is 0.814. The number of rotatable bonds is 6. The molecular weight excluding hydrogens is 885 g/mol. The molecule has 1 spiro atoms. The highest BCUT2D eigenvalue weighted by Gasteiger charge is 2.81. The molecule has 7 saturated carbocycles. The van der Waals surface area contributed by atoms with Crippen LogP contribution in [-0.2, 0) is 42.9 Å². The van der Waals surface area contributed by atoms with Gasteiger partial charge in [0.2, 0.25) is 0 Å². The number of aliphatic hydroxyl groups excluding tert-OH is 1. The van der Waals surface area contributed by atoms with Crippen molar-refractivity contribution < 1.29 is 53.1 Å². The second kappa shape index (κ2) is 17.9. The van der Waals surface area contributed by atoms with E-state index < -0.39 is 28.5 Å². The molecule has 11 aliphatic rings. The first-order valence-electron chi connectivity index (χ1n) is 27.4. The third kappa shape index (κ3) is 7.74. The Bertz CT molecular complexity index is 2250. The van der Waals surface area contributed by atoms with Crippen molar-refractivity contribution in [1.82, 2.24) is 0 Å². The molecule has 0 amide bonds. The second-order valence-corrected chi connectivity index (χ2v) is 25.9. The molecule has 18 atom stereocenters. The molecule has 388 valence electrons. The monoisotopic (exact) mass is 971 g/mol. The third-order valence-corrected chi connectivity index (χ3v) is 22.5. The summed E-state index contributed by atoms with van der Waals surface area (Å²) in [4.78, 5) is 60.8. The molecule has 11 heteroatoms. The van der Waals surface area contributed by atoms with Gasteiger partial charge in [-0.2, -0.15) is 0 Å². The van der Waals surface area contributed by atoms with E-state index in [-0.39, 0.29) is 57.2 Å². The quantitative estimate of drug-likeness (QED) is 0.148. The van der Waals surface area contributed by atoms with Crippen LogP contribution in [0.4, 0.5) is 0 Å². The third-order valence-electron chi connectivity index (χ3n) is 22.5. The first-order valence-corrected chi connectivity index (χ1v) is 27.4. The van der Waals surface area contributed by atoms with Crippen LogP contribution in [-0.4, -0.2) is 93.7 Å². The molecule has 0 radical (unpaired) electrons. The molecule has 0 aromatic rings. The summed E-state index contributed by atoms with van der Waals surface area (Å²) in [6.45, 7) is 21.0. The summed E-state index contributed by atoms with van der Waals surface area (Å²) >= 11 is 0. The summed E-state index contributed by atoms with van der Waals surface area (Å²) in [7, 11) is 1.46. The average molecular weight is 971 g/mol. The molecule has 0 aromatic heterocycles. The molecule has 11 rings (SSSR count). The Hall–Kier alpha value is -2.83. The number of carbonyl (C=O) groups is 5. The van der Waals surface area contributed by atoms with Crippen LogP contribution in [0.2, 0.25) is 0 Å². The van der Waals surface area contributed by atoms with Crippen LogP contribution >= 0.6 is 0 Å². The van der Waals surface area contributed by atoms with Crippen molar-refractivity contribution in [3.8, 4) is 0 Å². The number of Topliss-reactive ketones (excluding diaryl/α,β-unsaturated/α-hetero) is 2. The number of esters is 1. The van der Waals surface area contributed by atoms with Crippen LogP contribution in [0.15, 0.2) is 34.9 Å². The van der Waals surface area contributed by atoms with Crippen LogP contribution in [0.25, 0.3) is 0 Å². The molecule has 11 nitrogen and oxygen atoms in total. The number of methoxy groups -OCH3 is 1. The van der Waals surface area contributed by atoms with Crippen LogP contribution < -0.4 is 0 Å². The van der Waals surface area contributed by atoms with Crippen molar-refractivity contribution in [1.29, 1.82) is 0 Å². The molecular formula is C59H86O11. The lowest BCUT2D eigenvalue weighted by Crippen LogP contribution is -2.69. The van der Waals surface area contributed by atoms with E-state index in [1.165, 1.54) is 56.4 Å². The Morgan fingerprint density at radius 2 is 1.40 bits per heavy atom. The van der Waals surface area contributed by atoms with Crippen molar-refractivity contribution in [2.45, 2.75) is 226 Å². The minimum atomic E-state index is -1.41. The van der Waals surface area contributed by atoms with E-state index in [0.29, 0.717) is 67.7 Å². The van der Waals surface area contributed by atoms with Gasteiger partial charge in [0.1, 0.15) is 17.3 Å². The van der Waals surface area contributed by atoms with Gasteiger partial charge in [-0.1, -0.05) is 57.4 Å². The topological polar surface area (TPSA) is 169 Å². The first kappa shape index (κ1) is 52.0. The predicted octanol–water partition coefficient (Wildman–Crippen LogP) is 9.91. The van der Waals surface area contributed by atoms with E-state index >= 15 is 0 Å². The second-order valence-electron chi connectivity index (χ2n) is 25.9. The van der Waals surface area contributed by atoms with E-state index in [0.717, 1.165) is 76.0 Å². The van der Waals surface area contributed by atoms with Gasteiger partial charge in [-0.3, -0.25) is 24.0 Å². The Balaban J connectivity index is 0.000000132. The maximum atomic E-state index is 12.8. The Labute approximate surface area is 418 Å². The summed E-state index contributed by atoms with van der Waals surface area (Å²) in [6, 6.07) is 0. The molecule has 0 unspecified atom stereocenters. The van der Waals surface area contributed by atoms with Crippen LogP contribution in [0.1, 0.15) is 185 Å². The van der Waals surface area contributed by atoms with Gasteiger partial charge in [0.05, 0.1) is 18.8 Å². The molecule has 2 N–H and O–H groups in total. The summed E-state index contributed by atoms with van der Waals surface area (Å²) in [6.07, 6.45) is 21.6. The van der Waals surface area contributed by atoms with Gasteiger partial charge >= 0.3 is 5.97 Å². The van der Waals surface area contributed by atoms with Gasteiger partial charge in [-0.05, 0) is 194 Å². The average Bonchev–Trinajstić information content (AvgIpc) is 4.18. The summed E-state index contributed by atoms with van der Waals surface area (Å²) < 4.78 is 22.6. The SMILES string of the molecule is CC(=O)O[C@]1(C(C)=O)CC[C@H]2[C@@H]3C[C@H](C)C4=CC(=O)CC[C@]4(C)[C@H]3CC[C@@]21C.CO[C@@H]1C(=O)CC[C@]2(CO2)[C@@]1(O)[C@]1(C)O[C@@H]1CC=C(C)C.C[C@]12CC[C@H]3[C@@H](CCC4=CC(=O)CC[C@@]43C)[C@@H]1CC[C@@H]2O. The van der Waals surface area contributed by atoms with Gasteiger partial charge in [0, 0.05) is 38.7 Å².